The molecule has 0 saturated carbocycles. The first-order valence-electron chi connectivity index (χ1n) is 4.07. The summed E-state index contributed by atoms with van der Waals surface area (Å²) in [4.78, 5) is 7.58. The second-order valence-electron chi connectivity index (χ2n) is 4.42. The van der Waals surface area contributed by atoms with Crippen molar-refractivity contribution < 1.29 is 32.5 Å². The molecule has 0 rings (SSSR count). The molecule has 0 amide bonds. The van der Waals surface area contributed by atoms with E-state index < -0.39 is 34.0 Å². The quantitative estimate of drug-likeness (QED) is 0.403. The topological polar surface area (TPSA) is 115 Å². The summed E-state index contributed by atoms with van der Waals surface area (Å²) in [7, 11) is -0.232. The molecule has 90 valence electrons. The standard InChI is InChI=1S/C7H15NO6S/c1-8(2,3)5-7(11,4-6(9)10)15(12,13)14/h11H,4-5H2,1-3H3,(H-,9,10,12,13,14). The van der Waals surface area contributed by atoms with Gasteiger partial charge in [-0.1, -0.05) is 0 Å². The van der Waals surface area contributed by atoms with Gasteiger partial charge in [0.25, 0.3) is 0 Å². The molecule has 0 saturated heterocycles. The third-order valence-electron chi connectivity index (χ3n) is 1.62. The van der Waals surface area contributed by atoms with Crippen LogP contribution in [0.3, 0.4) is 0 Å². The summed E-state index contributed by atoms with van der Waals surface area (Å²) < 4.78 is 30.5. The second kappa shape index (κ2) is 4.05. The highest BCUT2D eigenvalue weighted by atomic mass is 32.2. The van der Waals surface area contributed by atoms with Gasteiger partial charge in [0, 0.05) is 12.4 Å². The zero-order valence-corrected chi connectivity index (χ0v) is 9.61. The fourth-order valence-corrected chi connectivity index (χ4v) is 2.05. The lowest BCUT2D eigenvalue weighted by Crippen LogP contribution is -2.55. The Morgan fingerprint density at radius 2 is 1.80 bits per heavy atom. The maximum atomic E-state index is 10.9. The molecule has 2 N–H and O–H groups in total. The maximum absolute atomic E-state index is 10.9. The SMILES string of the molecule is C[N+](C)(C)CC(O)(CC(=O)[O-])S(=O)(=O)O. The largest absolute Gasteiger partial charge is 0.550 e. The van der Waals surface area contributed by atoms with Gasteiger partial charge in [0.2, 0.25) is 4.93 Å². The minimum Gasteiger partial charge on any atom is -0.550 e. The average molecular weight is 241 g/mol. The van der Waals surface area contributed by atoms with Crippen LogP contribution in [-0.2, 0) is 14.9 Å². The van der Waals surface area contributed by atoms with E-state index in [9.17, 15) is 23.4 Å². The van der Waals surface area contributed by atoms with Gasteiger partial charge in [0.05, 0.1) is 21.1 Å². The number of rotatable bonds is 5. The Balaban J connectivity index is 5.14. The molecule has 0 bridgehead atoms. The van der Waals surface area contributed by atoms with Crippen molar-refractivity contribution in [2.75, 3.05) is 27.7 Å². The molecule has 0 heterocycles. The molecule has 1 atom stereocenters. The monoisotopic (exact) mass is 241 g/mol. The molecule has 8 heteroatoms. The number of aliphatic carboxylic acids is 1. The Kier molecular flexibility index (Phi) is 3.86. The minimum atomic E-state index is -4.87. The fraction of sp³-hybridized carbons (Fsp3) is 0.857. The van der Waals surface area contributed by atoms with Crippen molar-refractivity contribution in [1.82, 2.24) is 0 Å². The number of likely N-dealkylation sites (N-methyl/N-ethyl adjacent to an activating group) is 1. The van der Waals surface area contributed by atoms with Crippen molar-refractivity contribution in [2.45, 2.75) is 11.4 Å². The first-order chi connectivity index (χ1) is 6.37. The maximum Gasteiger partial charge on any atom is 0.301 e. The fourth-order valence-electron chi connectivity index (χ4n) is 1.20. The van der Waals surface area contributed by atoms with Gasteiger partial charge in [-0.2, -0.15) is 8.42 Å². The van der Waals surface area contributed by atoms with Crippen molar-refractivity contribution in [3.8, 4) is 0 Å². The highest BCUT2D eigenvalue weighted by Crippen LogP contribution is 2.20. The molecule has 0 aliphatic rings. The van der Waals surface area contributed by atoms with Gasteiger partial charge in [-0.05, 0) is 0 Å². The number of hydrogen-bond acceptors (Lipinski definition) is 5. The zero-order chi connectivity index (χ0) is 12.5. The number of carboxylic acids is 1. The molecule has 15 heavy (non-hydrogen) atoms. The van der Waals surface area contributed by atoms with Crippen LogP contribution >= 0.6 is 0 Å². The molecule has 0 aliphatic carbocycles. The Labute approximate surface area is 88.3 Å². The van der Waals surface area contributed by atoms with E-state index in [1.165, 1.54) is 0 Å². The van der Waals surface area contributed by atoms with E-state index in [1.54, 1.807) is 21.1 Å². The van der Waals surface area contributed by atoms with E-state index in [1.807, 2.05) is 0 Å². The first kappa shape index (κ1) is 14.3. The molecule has 7 nitrogen and oxygen atoms in total. The summed E-state index contributed by atoms with van der Waals surface area (Å²) in [6.07, 6.45) is -1.17. The van der Waals surface area contributed by atoms with Crippen LogP contribution in [0.15, 0.2) is 0 Å². The molecule has 0 aromatic rings. The van der Waals surface area contributed by atoms with E-state index in [4.69, 9.17) is 4.55 Å². The van der Waals surface area contributed by atoms with Crippen molar-refractivity contribution >= 4 is 16.1 Å². The van der Waals surface area contributed by atoms with Gasteiger partial charge < -0.3 is 19.5 Å². The summed E-state index contributed by atoms with van der Waals surface area (Å²) >= 11 is 0. The number of quaternary nitrogens is 1. The second-order valence-corrected chi connectivity index (χ2v) is 6.13. The van der Waals surface area contributed by atoms with E-state index in [2.05, 4.69) is 0 Å². The number of carbonyl (C=O) groups is 1. The first-order valence-corrected chi connectivity index (χ1v) is 5.51. The molecular formula is C7H15NO6S. The zero-order valence-electron chi connectivity index (χ0n) is 8.80. The Morgan fingerprint density at radius 3 is 2.00 bits per heavy atom. The Hall–Kier alpha value is -0.700. The van der Waals surface area contributed by atoms with E-state index >= 15 is 0 Å². The van der Waals surface area contributed by atoms with Crippen LogP contribution in [0, 0.1) is 0 Å². The molecule has 0 aromatic carbocycles. The van der Waals surface area contributed by atoms with E-state index in [0.29, 0.717) is 0 Å². The highest BCUT2D eigenvalue weighted by molar-refractivity contribution is 7.87. The lowest BCUT2D eigenvalue weighted by molar-refractivity contribution is -0.875. The Bertz CT molecular complexity index is 343. The molecule has 0 aliphatic heterocycles. The van der Waals surface area contributed by atoms with E-state index in [0.717, 1.165) is 0 Å². The summed E-state index contributed by atoms with van der Waals surface area (Å²) in [6, 6.07) is 0. The van der Waals surface area contributed by atoms with Gasteiger partial charge in [-0.15, -0.1) is 0 Å². The molecular weight excluding hydrogens is 226 g/mol. The lowest BCUT2D eigenvalue weighted by atomic mass is 10.2. The summed E-state index contributed by atoms with van der Waals surface area (Å²) in [5, 5.41) is 19.9. The smallest absolute Gasteiger partial charge is 0.301 e. The van der Waals surface area contributed by atoms with Crippen molar-refractivity contribution in [3.63, 3.8) is 0 Å². The summed E-state index contributed by atoms with van der Waals surface area (Å²) in [5.41, 5.74) is 0. The Morgan fingerprint density at radius 1 is 1.40 bits per heavy atom. The van der Waals surface area contributed by atoms with Crippen LogP contribution in [-0.4, -0.2) is 61.2 Å². The molecule has 0 spiro atoms. The average Bonchev–Trinajstić information content (AvgIpc) is 1.75. The van der Waals surface area contributed by atoms with Crippen LogP contribution in [0.2, 0.25) is 0 Å². The number of hydrogen-bond donors (Lipinski definition) is 2. The predicted molar refractivity (Wildman–Crippen MR) is 49.0 cm³/mol. The lowest BCUT2D eigenvalue weighted by Gasteiger charge is -2.33. The van der Waals surface area contributed by atoms with Gasteiger partial charge in [-0.3, -0.25) is 4.55 Å². The molecule has 1 unspecified atom stereocenters. The molecule has 0 aromatic heterocycles. The van der Waals surface area contributed by atoms with Gasteiger partial charge >= 0.3 is 10.1 Å². The number of carboxylic acid groups (broad SMARTS) is 1. The summed E-state index contributed by atoms with van der Waals surface area (Å²) in [6.45, 7) is -0.459. The number of aliphatic hydroxyl groups is 1. The minimum absolute atomic E-state index is 0.0242. The molecule has 0 fully saturated rings. The van der Waals surface area contributed by atoms with Crippen LogP contribution in [0.1, 0.15) is 6.42 Å². The van der Waals surface area contributed by atoms with E-state index in [-0.39, 0.29) is 4.48 Å². The van der Waals surface area contributed by atoms with Crippen molar-refractivity contribution in [3.05, 3.63) is 0 Å². The van der Waals surface area contributed by atoms with Gasteiger partial charge in [-0.25, -0.2) is 0 Å². The van der Waals surface area contributed by atoms with Crippen molar-refractivity contribution in [1.29, 1.82) is 0 Å². The van der Waals surface area contributed by atoms with Crippen LogP contribution < -0.4 is 5.11 Å². The number of carbonyl (C=O) groups excluding carboxylic acids is 1. The van der Waals surface area contributed by atoms with Crippen molar-refractivity contribution in [2.24, 2.45) is 0 Å². The summed E-state index contributed by atoms with van der Waals surface area (Å²) in [5.74, 6) is -1.75. The van der Waals surface area contributed by atoms with Crippen LogP contribution in [0.5, 0.6) is 0 Å². The third kappa shape index (κ3) is 4.56. The molecule has 0 radical (unpaired) electrons. The van der Waals surface area contributed by atoms with Crippen LogP contribution in [0.4, 0.5) is 0 Å². The normalized spacial score (nSPS) is 17.1. The third-order valence-corrected chi connectivity index (χ3v) is 2.86. The van der Waals surface area contributed by atoms with Gasteiger partial charge in [0.15, 0.2) is 0 Å². The van der Waals surface area contributed by atoms with Gasteiger partial charge in [0.1, 0.15) is 6.54 Å². The number of nitrogens with zero attached hydrogens (tertiary/aromatic N) is 1. The highest BCUT2D eigenvalue weighted by Gasteiger charge is 2.45. The predicted octanol–water partition coefficient (Wildman–Crippen LogP) is -2.59. The van der Waals surface area contributed by atoms with Crippen LogP contribution in [0.25, 0.3) is 0 Å².